The first kappa shape index (κ1) is 11.5. The highest BCUT2D eigenvalue weighted by Gasteiger charge is 2.03. The number of guanidine groups is 1. The molecule has 0 N–H and O–H groups in total. The lowest BCUT2D eigenvalue weighted by Gasteiger charge is -2.22. The third-order valence-corrected chi connectivity index (χ3v) is 1.91. The van der Waals surface area contributed by atoms with Crippen LogP contribution < -0.4 is 0 Å². The second-order valence-electron chi connectivity index (χ2n) is 3.73. The van der Waals surface area contributed by atoms with E-state index in [1.165, 1.54) is 0 Å². The van der Waals surface area contributed by atoms with Crippen LogP contribution in [0.4, 0.5) is 0 Å². The van der Waals surface area contributed by atoms with Gasteiger partial charge in [0.2, 0.25) is 0 Å². The summed E-state index contributed by atoms with van der Waals surface area (Å²) in [5.74, 6) is 0.945. The van der Waals surface area contributed by atoms with Gasteiger partial charge < -0.3 is 9.80 Å². The van der Waals surface area contributed by atoms with Crippen LogP contribution >= 0.6 is 0 Å². The van der Waals surface area contributed by atoms with E-state index in [0.717, 1.165) is 11.7 Å². The fourth-order valence-corrected chi connectivity index (χ4v) is 1.33. The van der Waals surface area contributed by atoms with E-state index in [2.05, 4.69) is 9.98 Å². The normalized spacial score (nSPS) is 9.60. The molecule has 0 radical (unpaired) electrons. The van der Waals surface area contributed by atoms with Crippen molar-refractivity contribution in [3.63, 3.8) is 0 Å². The molecule has 0 bridgehead atoms. The number of pyridine rings is 1. The minimum absolute atomic E-state index is 0.618. The number of rotatable bonds is 2. The predicted octanol–water partition coefficient (Wildman–Crippen LogP) is 1.06. The average Bonchev–Trinajstić information content (AvgIpc) is 2.18. The van der Waals surface area contributed by atoms with E-state index in [1.54, 1.807) is 6.20 Å². The van der Waals surface area contributed by atoms with Gasteiger partial charge in [0.15, 0.2) is 5.96 Å². The second-order valence-corrected chi connectivity index (χ2v) is 3.73. The summed E-state index contributed by atoms with van der Waals surface area (Å²) in [5.41, 5.74) is 0.985. The molecule has 0 spiro atoms. The van der Waals surface area contributed by atoms with Gasteiger partial charge >= 0.3 is 0 Å². The first-order valence-corrected chi connectivity index (χ1v) is 4.90. The topological polar surface area (TPSA) is 31.7 Å². The number of hydrogen-bond acceptors (Lipinski definition) is 2. The van der Waals surface area contributed by atoms with Crippen molar-refractivity contribution in [2.75, 3.05) is 28.2 Å². The highest BCUT2D eigenvalue weighted by atomic mass is 15.3. The Morgan fingerprint density at radius 2 is 1.87 bits per heavy atom. The summed E-state index contributed by atoms with van der Waals surface area (Å²) in [4.78, 5) is 12.7. The highest BCUT2D eigenvalue weighted by Crippen LogP contribution is 1.98. The van der Waals surface area contributed by atoms with Gasteiger partial charge in [-0.2, -0.15) is 0 Å². The molecule has 0 aromatic carbocycles. The van der Waals surface area contributed by atoms with Crippen molar-refractivity contribution in [1.82, 2.24) is 14.8 Å². The lowest BCUT2D eigenvalue weighted by Crippen LogP contribution is -2.35. The van der Waals surface area contributed by atoms with Gasteiger partial charge in [0.25, 0.3) is 0 Å². The Hall–Kier alpha value is -1.58. The number of aromatic nitrogens is 1. The van der Waals surface area contributed by atoms with Crippen molar-refractivity contribution in [1.29, 1.82) is 0 Å². The molecule has 4 heteroatoms. The van der Waals surface area contributed by atoms with Crippen LogP contribution in [0.1, 0.15) is 5.69 Å². The average molecular weight is 206 g/mol. The summed E-state index contributed by atoms with van der Waals surface area (Å²) in [6, 6.07) is 5.86. The molecule has 82 valence electrons. The van der Waals surface area contributed by atoms with Crippen molar-refractivity contribution in [3.8, 4) is 0 Å². The van der Waals surface area contributed by atoms with Crippen molar-refractivity contribution in [3.05, 3.63) is 30.1 Å². The molecular formula is C11H18N4. The van der Waals surface area contributed by atoms with Crippen molar-refractivity contribution in [2.24, 2.45) is 4.99 Å². The quantitative estimate of drug-likeness (QED) is 0.535. The minimum atomic E-state index is 0.618. The van der Waals surface area contributed by atoms with E-state index in [-0.39, 0.29) is 0 Å². The Bertz CT molecular complexity index is 307. The van der Waals surface area contributed by atoms with Crippen molar-refractivity contribution < 1.29 is 0 Å². The van der Waals surface area contributed by atoms with E-state index >= 15 is 0 Å². The standard InChI is InChI=1S/C11H18N4/c1-14(2)11(15(3)4)13-9-10-7-5-6-8-12-10/h5-8H,9H2,1-4H3. The minimum Gasteiger partial charge on any atom is -0.349 e. The van der Waals surface area contributed by atoms with Gasteiger partial charge in [-0.25, -0.2) is 4.99 Å². The number of nitrogens with zero attached hydrogens (tertiary/aromatic N) is 4. The fourth-order valence-electron chi connectivity index (χ4n) is 1.33. The number of hydrogen-bond donors (Lipinski definition) is 0. The van der Waals surface area contributed by atoms with Crippen LogP contribution in [0.5, 0.6) is 0 Å². The van der Waals surface area contributed by atoms with E-state index in [9.17, 15) is 0 Å². The van der Waals surface area contributed by atoms with Crippen molar-refractivity contribution >= 4 is 5.96 Å². The second kappa shape index (κ2) is 5.34. The SMILES string of the molecule is CN(C)C(=NCc1ccccn1)N(C)C. The number of aliphatic imine (C=N–C) groups is 1. The summed E-state index contributed by atoms with van der Waals surface area (Å²) in [6.07, 6.45) is 1.79. The molecule has 1 aromatic heterocycles. The maximum absolute atomic E-state index is 4.50. The van der Waals surface area contributed by atoms with Gasteiger partial charge in [-0.05, 0) is 12.1 Å². The van der Waals surface area contributed by atoms with Crippen molar-refractivity contribution in [2.45, 2.75) is 6.54 Å². The van der Waals surface area contributed by atoms with Crippen LogP contribution in [-0.4, -0.2) is 48.9 Å². The fraction of sp³-hybridized carbons (Fsp3) is 0.455. The molecule has 0 amide bonds. The molecule has 4 nitrogen and oxygen atoms in total. The van der Waals surface area contributed by atoms with Gasteiger partial charge in [0, 0.05) is 34.4 Å². The molecule has 0 aliphatic carbocycles. The maximum Gasteiger partial charge on any atom is 0.195 e. The van der Waals surface area contributed by atoms with Crippen LogP contribution in [-0.2, 0) is 6.54 Å². The molecule has 0 saturated heterocycles. The highest BCUT2D eigenvalue weighted by molar-refractivity contribution is 5.79. The van der Waals surface area contributed by atoms with Crippen LogP contribution in [0.3, 0.4) is 0 Å². The van der Waals surface area contributed by atoms with Gasteiger partial charge in [-0.15, -0.1) is 0 Å². The summed E-state index contributed by atoms with van der Waals surface area (Å²) >= 11 is 0. The van der Waals surface area contributed by atoms with E-state index in [1.807, 2.05) is 56.2 Å². The molecule has 0 unspecified atom stereocenters. The lowest BCUT2D eigenvalue weighted by molar-refractivity contribution is 0.479. The summed E-state index contributed by atoms with van der Waals surface area (Å²) in [6.45, 7) is 0.618. The first-order valence-electron chi connectivity index (χ1n) is 4.90. The molecule has 0 aliphatic rings. The smallest absolute Gasteiger partial charge is 0.195 e. The van der Waals surface area contributed by atoms with E-state index in [4.69, 9.17) is 0 Å². The molecular weight excluding hydrogens is 188 g/mol. The Kier molecular flexibility index (Phi) is 4.09. The molecule has 1 aromatic rings. The molecule has 1 rings (SSSR count). The zero-order chi connectivity index (χ0) is 11.3. The van der Waals surface area contributed by atoms with E-state index < -0.39 is 0 Å². The van der Waals surface area contributed by atoms with Gasteiger partial charge in [0.1, 0.15) is 0 Å². The van der Waals surface area contributed by atoms with Crippen LogP contribution in [0.25, 0.3) is 0 Å². The molecule has 0 saturated carbocycles. The van der Waals surface area contributed by atoms with E-state index in [0.29, 0.717) is 6.54 Å². The zero-order valence-corrected chi connectivity index (χ0v) is 9.81. The Morgan fingerprint density at radius 3 is 2.33 bits per heavy atom. The summed E-state index contributed by atoms with van der Waals surface area (Å²) in [7, 11) is 7.93. The Labute approximate surface area is 91.3 Å². The third-order valence-electron chi connectivity index (χ3n) is 1.91. The largest absolute Gasteiger partial charge is 0.349 e. The van der Waals surface area contributed by atoms with Gasteiger partial charge in [-0.1, -0.05) is 6.07 Å². The monoisotopic (exact) mass is 206 g/mol. The lowest BCUT2D eigenvalue weighted by atomic mass is 10.3. The summed E-state index contributed by atoms with van der Waals surface area (Å²) < 4.78 is 0. The Morgan fingerprint density at radius 1 is 1.20 bits per heavy atom. The Balaban J connectivity index is 2.70. The summed E-state index contributed by atoms with van der Waals surface area (Å²) in [5, 5.41) is 0. The first-order chi connectivity index (χ1) is 7.11. The predicted molar refractivity (Wildman–Crippen MR) is 62.8 cm³/mol. The van der Waals surface area contributed by atoms with Crippen LogP contribution in [0.2, 0.25) is 0 Å². The third kappa shape index (κ3) is 3.58. The molecule has 15 heavy (non-hydrogen) atoms. The molecule has 0 aliphatic heterocycles. The van der Waals surface area contributed by atoms with Crippen LogP contribution in [0, 0.1) is 0 Å². The van der Waals surface area contributed by atoms with Gasteiger partial charge in [-0.3, -0.25) is 4.98 Å². The molecule has 0 atom stereocenters. The maximum atomic E-state index is 4.50. The van der Waals surface area contributed by atoms with Gasteiger partial charge in [0.05, 0.1) is 12.2 Å². The molecule has 1 heterocycles. The van der Waals surface area contributed by atoms with Crippen LogP contribution in [0.15, 0.2) is 29.4 Å². The molecule has 0 fully saturated rings. The zero-order valence-electron chi connectivity index (χ0n) is 9.81.